The normalized spacial score (nSPS) is 27.4. The first-order valence-corrected chi connectivity index (χ1v) is 7.25. The lowest BCUT2D eigenvalue weighted by Gasteiger charge is -2.21. The summed E-state index contributed by atoms with van der Waals surface area (Å²) in [6.45, 7) is 3.33. The van der Waals surface area contributed by atoms with Gasteiger partial charge in [-0.1, -0.05) is 12.1 Å². The van der Waals surface area contributed by atoms with Crippen LogP contribution in [0.1, 0.15) is 29.3 Å². The number of amides is 4. The Morgan fingerprint density at radius 2 is 2.00 bits per heavy atom. The van der Waals surface area contributed by atoms with Gasteiger partial charge < -0.3 is 16.0 Å². The third-order valence-electron chi connectivity index (χ3n) is 4.16. The predicted octanol–water partition coefficient (Wildman–Crippen LogP) is -0.167. The lowest BCUT2D eigenvalue weighted by molar-refractivity contribution is -0.123. The summed E-state index contributed by atoms with van der Waals surface area (Å²) in [6.07, 6.45) is 0.925. The van der Waals surface area contributed by atoms with E-state index >= 15 is 0 Å². The minimum absolute atomic E-state index is 0.134. The molecule has 2 aliphatic rings. The molecule has 0 saturated carbocycles. The van der Waals surface area contributed by atoms with Crippen molar-refractivity contribution in [2.75, 3.05) is 13.1 Å². The van der Waals surface area contributed by atoms with Crippen molar-refractivity contribution in [2.24, 2.45) is 0 Å². The van der Waals surface area contributed by atoms with E-state index in [1.807, 2.05) is 0 Å². The van der Waals surface area contributed by atoms with Gasteiger partial charge in [-0.05, 0) is 37.6 Å². The second kappa shape index (κ2) is 5.42. The Hall–Kier alpha value is -2.41. The second-order valence-corrected chi connectivity index (χ2v) is 5.77. The van der Waals surface area contributed by atoms with E-state index in [9.17, 15) is 14.4 Å². The van der Waals surface area contributed by atoms with Gasteiger partial charge in [-0.15, -0.1) is 0 Å². The fourth-order valence-electron chi connectivity index (χ4n) is 2.75. The molecule has 0 bridgehead atoms. The minimum atomic E-state index is -1.10. The summed E-state index contributed by atoms with van der Waals surface area (Å²) in [5.41, 5.74) is 0.0699. The topological polar surface area (TPSA) is 99.3 Å². The zero-order valence-electron chi connectivity index (χ0n) is 12.2. The maximum atomic E-state index is 12.1. The summed E-state index contributed by atoms with van der Waals surface area (Å²) in [4.78, 5) is 35.3. The van der Waals surface area contributed by atoms with Gasteiger partial charge in [0.15, 0.2) is 0 Å². The number of carbonyl (C=O) groups is 3. The highest BCUT2D eigenvalue weighted by molar-refractivity contribution is 6.07. The molecule has 0 aliphatic carbocycles. The van der Waals surface area contributed by atoms with Crippen LogP contribution in [0.15, 0.2) is 24.3 Å². The molecule has 2 saturated heterocycles. The number of hydrogen-bond acceptors (Lipinski definition) is 4. The fraction of sp³-hybridized carbons (Fsp3) is 0.400. The Morgan fingerprint density at radius 1 is 1.27 bits per heavy atom. The first-order chi connectivity index (χ1) is 10.5. The van der Waals surface area contributed by atoms with Gasteiger partial charge in [0.25, 0.3) is 11.8 Å². The number of benzene rings is 1. The predicted molar refractivity (Wildman–Crippen MR) is 79.2 cm³/mol. The van der Waals surface area contributed by atoms with Gasteiger partial charge >= 0.3 is 6.03 Å². The van der Waals surface area contributed by atoms with Crippen molar-refractivity contribution in [3.63, 3.8) is 0 Å². The average Bonchev–Trinajstić information content (AvgIpc) is 3.08. The fourth-order valence-corrected chi connectivity index (χ4v) is 2.75. The van der Waals surface area contributed by atoms with Crippen molar-refractivity contribution < 1.29 is 14.4 Å². The number of nitrogens with one attached hydrogen (secondary N) is 4. The molecule has 4 N–H and O–H groups in total. The first kappa shape index (κ1) is 14.5. The molecule has 0 radical (unpaired) electrons. The summed E-state index contributed by atoms with van der Waals surface area (Å²) in [5, 5.41) is 11.0. The Kier molecular flexibility index (Phi) is 3.58. The van der Waals surface area contributed by atoms with E-state index in [0.717, 1.165) is 19.5 Å². The maximum absolute atomic E-state index is 12.1. The first-order valence-electron chi connectivity index (χ1n) is 7.25. The molecule has 2 heterocycles. The molecule has 7 nitrogen and oxygen atoms in total. The lowest BCUT2D eigenvalue weighted by Crippen LogP contribution is -2.40. The van der Waals surface area contributed by atoms with Crippen molar-refractivity contribution in [2.45, 2.75) is 24.9 Å². The van der Waals surface area contributed by atoms with Crippen molar-refractivity contribution in [3.8, 4) is 0 Å². The van der Waals surface area contributed by atoms with Gasteiger partial charge in [-0.3, -0.25) is 14.9 Å². The molecule has 116 valence electrons. The Labute approximate surface area is 127 Å². The van der Waals surface area contributed by atoms with Crippen molar-refractivity contribution >= 4 is 17.8 Å². The molecule has 0 aromatic heterocycles. The molecule has 1 aromatic rings. The smallest absolute Gasteiger partial charge is 0.322 e. The largest absolute Gasteiger partial charge is 0.348 e. The van der Waals surface area contributed by atoms with Gasteiger partial charge in [0.2, 0.25) is 0 Å². The number of urea groups is 1. The van der Waals surface area contributed by atoms with Crippen LogP contribution in [-0.2, 0) is 10.3 Å². The van der Waals surface area contributed by atoms with E-state index in [1.54, 1.807) is 31.2 Å². The molecule has 2 aliphatic heterocycles. The molecule has 2 unspecified atom stereocenters. The van der Waals surface area contributed by atoms with Gasteiger partial charge in [0.1, 0.15) is 5.54 Å². The van der Waals surface area contributed by atoms with Crippen molar-refractivity contribution in [3.05, 3.63) is 35.4 Å². The third kappa shape index (κ3) is 2.55. The van der Waals surface area contributed by atoms with Crippen LogP contribution < -0.4 is 21.3 Å². The number of imide groups is 1. The highest BCUT2D eigenvalue weighted by Gasteiger charge is 2.43. The lowest BCUT2D eigenvalue weighted by atomic mass is 9.91. The van der Waals surface area contributed by atoms with Crippen LogP contribution >= 0.6 is 0 Å². The van der Waals surface area contributed by atoms with Gasteiger partial charge in [0.05, 0.1) is 0 Å². The van der Waals surface area contributed by atoms with E-state index in [-0.39, 0.29) is 11.9 Å². The summed E-state index contributed by atoms with van der Waals surface area (Å²) >= 11 is 0. The van der Waals surface area contributed by atoms with Crippen LogP contribution in [0.2, 0.25) is 0 Å². The van der Waals surface area contributed by atoms with E-state index in [0.29, 0.717) is 11.1 Å². The van der Waals surface area contributed by atoms with Crippen LogP contribution in [0, 0.1) is 0 Å². The molecule has 4 amide bonds. The molecule has 2 atom stereocenters. The summed E-state index contributed by atoms with van der Waals surface area (Å²) in [6, 6.07) is 6.35. The Bertz CT molecular complexity index is 622. The van der Waals surface area contributed by atoms with E-state index in [4.69, 9.17) is 0 Å². The van der Waals surface area contributed by atoms with E-state index in [1.165, 1.54) is 0 Å². The van der Waals surface area contributed by atoms with Gasteiger partial charge in [-0.2, -0.15) is 0 Å². The SMILES string of the molecule is CC1(c2ccc(C(=O)NC3CCNC3)cc2)NC(=O)NC1=O. The number of hydrogen-bond donors (Lipinski definition) is 4. The average molecular weight is 302 g/mol. The Morgan fingerprint density at radius 3 is 2.55 bits per heavy atom. The summed E-state index contributed by atoms with van der Waals surface area (Å²) in [7, 11) is 0. The third-order valence-corrected chi connectivity index (χ3v) is 4.16. The zero-order chi connectivity index (χ0) is 15.7. The van der Waals surface area contributed by atoms with Crippen LogP contribution in [0.5, 0.6) is 0 Å². The van der Waals surface area contributed by atoms with Gasteiger partial charge in [0, 0.05) is 18.2 Å². The Balaban J connectivity index is 1.73. The zero-order valence-corrected chi connectivity index (χ0v) is 12.2. The monoisotopic (exact) mass is 302 g/mol. The molecular formula is C15H18N4O3. The second-order valence-electron chi connectivity index (χ2n) is 5.77. The van der Waals surface area contributed by atoms with Crippen molar-refractivity contribution in [1.82, 2.24) is 21.3 Å². The maximum Gasteiger partial charge on any atom is 0.322 e. The number of carbonyl (C=O) groups excluding carboxylic acids is 3. The molecule has 0 spiro atoms. The minimum Gasteiger partial charge on any atom is -0.348 e. The number of rotatable bonds is 3. The molecule has 1 aromatic carbocycles. The van der Waals surface area contributed by atoms with Crippen LogP contribution in [0.25, 0.3) is 0 Å². The summed E-state index contributed by atoms with van der Waals surface area (Å²) < 4.78 is 0. The highest BCUT2D eigenvalue weighted by Crippen LogP contribution is 2.24. The van der Waals surface area contributed by atoms with E-state index < -0.39 is 17.5 Å². The quantitative estimate of drug-likeness (QED) is 0.583. The molecule has 22 heavy (non-hydrogen) atoms. The van der Waals surface area contributed by atoms with Crippen LogP contribution in [0.3, 0.4) is 0 Å². The van der Waals surface area contributed by atoms with E-state index in [2.05, 4.69) is 21.3 Å². The molecule has 2 fully saturated rings. The van der Waals surface area contributed by atoms with Gasteiger partial charge in [-0.25, -0.2) is 4.79 Å². The summed E-state index contributed by atoms with van der Waals surface area (Å²) in [5.74, 6) is -0.531. The molecule has 7 heteroatoms. The highest BCUT2D eigenvalue weighted by atomic mass is 16.2. The van der Waals surface area contributed by atoms with Crippen LogP contribution in [-0.4, -0.2) is 37.0 Å². The van der Waals surface area contributed by atoms with Crippen LogP contribution in [0.4, 0.5) is 4.79 Å². The molecule has 3 rings (SSSR count). The standard InChI is InChI=1S/C15H18N4O3/c1-15(13(21)18-14(22)19-15)10-4-2-9(3-5-10)12(20)17-11-6-7-16-8-11/h2-5,11,16H,6-8H2,1H3,(H,17,20)(H2,18,19,21,22). The molecular weight excluding hydrogens is 284 g/mol. The van der Waals surface area contributed by atoms with Crippen molar-refractivity contribution in [1.29, 1.82) is 0 Å².